The Balaban J connectivity index is 1.63. The first kappa shape index (κ1) is 9.30. The summed E-state index contributed by atoms with van der Waals surface area (Å²) in [6.45, 7) is 4.07. The van der Waals surface area contributed by atoms with Crippen LogP contribution >= 0.6 is 0 Å². The predicted octanol–water partition coefficient (Wildman–Crippen LogP) is -0.0168. The van der Waals surface area contributed by atoms with Crippen LogP contribution in [0.25, 0.3) is 0 Å². The van der Waals surface area contributed by atoms with Crippen molar-refractivity contribution in [3.8, 4) is 0 Å². The Kier molecular flexibility index (Phi) is 2.42. The summed E-state index contributed by atoms with van der Waals surface area (Å²) in [5.74, 6) is 0. The lowest BCUT2D eigenvalue weighted by atomic mass is 10.1. The van der Waals surface area contributed by atoms with Gasteiger partial charge in [0.15, 0.2) is 0 Å². The molecular formula is C11H16N4. The summed E-state index contributed by atoms with van der Waals surface area (Å²) < 4.78 is 0. The maximum Gasteiger partial charge on any atom is 0.124 e. The standard InChI is InChI=1S/C11H16N4/c1-2-4-10-8-15(7-9(10)3-1)14-11-12-5-6-13-11/h1-4,11-14H,5-8H2. The average molecular weight is 204 g/mol. The van der Waals surface area contributed by atoms with Gasteiger partial charge >= 0.3 is 0 Å². The Labute approximate surface area is 89.6 Å². The first-order valence-corrected chi connectivity index (χ1v) is 5.46. The van der Waals surface area contributed by atoms with Gasteiger partial charge in [0, 0.05) is 26.2 Å². The SMILES string of the molecule is c1ccc2c(c1)CN(NC1NCCN1)C2. The number of nitrogens with one attached hydrogen (secondary N) is 3. The minimum absolute atomic E-state index is 0.235. The Bertz CT molecular complexity index is 321. The number of nitrogens with zero attached hydrogens (tertiary/aromatic N) is 1. The molecule has 0 bridgehead atoms. The number of hydrazine groups is 1. The van der Waals surface area contributed by atoms with Gasteiger partial charge in [0.1, 0.15) is 6.29 Å². The van der Waals surface area contributed by atoms with Crippen molar-refractivity contribution in [1.29, 1.82) is 0 Å². The number of fused-ring (bicyclic) bond motifs is 1. The van der Waals surface area contributed by atoms with E-state index in [0.29, 0.717) is 0 Å². The Hall–Kier alpha value is -0.940. The molecule has 0 radical (unpaired) electrons. The molecule has 0 amide bonds. The van der Waals surface area contributed by atoms with Crippen molar-refractivity contribution in [2.45, 2.75) is 19.4 Å². The number of rotatable bonds is 2. The largest absolute Gasteiger partial charge is 0.287 e. The molecule has 3 rings (SSSR count). The summed E-state index contributed by atoms with van der Waals surface area (Å²) in [7, 11) is 0. The van der Waals surface area contributed by atoms with E-state index in [-0.39, 0.29) is 6.29 Å². The minimum Gasteiger partial charge on any atom is -0.287 e. The summed E-state index contributed by atoms with van der Waals surface area (Å²) in [6, 6.07) is 8.61. The minimum atomic E-state index is 0.235. The molecule has 1 fully saturated rings. The van der Waals surface area contributed by atoms with Crippen LogP contribution in [-0.2, 0) is 13.1 Å². The van der Waals surface area contributed by atoms with Gasteiger partial charge in [-0.05, 0) is 11.1 Å². The van der Waals surface area contributed by atoms with Gasteiger partial charge in [0.25, 0.3) is 0 Å². The van der Waals surface area contributed by atoms with E-state index in [1.807, 2.05) is 0 Å². The predicted molar refractivity (Wildman–Crippen MR) is 58.6 cm³/mol. The topological polar surface area (TPSA) is 39.3 Å². The molecule has 1 aromatic rings. The zero-order valence-electron chi connectivity index (χ0n) is 8.66. The molecule has 15 heavy (non-hydrogen) atoms. The van der Waals surface area contributed by atoms with Crippen molar-refractivity contribution < 1.29 is 0 Å². The monoisotopic (exact) mass is 204 g/mol. The molecular weight excluding hydrogens is 188 g/mol. The first-order valence-electron chi connectivity index (χ1n) is 5.46. The van der Waals surface area contributed by atoms with E-state index >= 15 is 0 Å². The van der Waals surface area contributed by atoms with Gasteiger partial charge in [0.2, 0.25) is 0 Å². The van der Waals surface area contributed by atoms with Crippen molar-refractivity contribution in [3.05, 3.63) is 35.4 Å². The van der Waals surface area contributed by atoms with Gasteiger partial charge in [-0.25, -0.2) is 10.4 Å². The summed E-state index contributed by atoms with van der Waals surface area (Å²) in [5, 5.41) is 8.94. The normalized spacial score (nSPS) is 22.1. The van der Waals surface area contributed by atoms with Crippen LogP contribution < -0.4 is 16.1 Å². The smallest absolute Gasteiger partial charge is 0.124 e. The van der Waals surface area contributed by atoms with E-state index < -0.39 is 0 Å². The maximum absolute atomic E-state index is 3.44. The lowest BCUT2D eigenvalue weighted by molar-refractivity contribution is 0.141. The van der Waals surface area contributed by atoms with Gasteiger partial charge < -0.3 is 0 Å². The highest BCUT2D eigenvalue weighted by atomic mass is 15.6. The molecule has 0 unspecified atom stereocenters. The van der Waals surface area contributed by atoms with Crippen LogP contribution in [0.1, 0.15) is 11.1 Å². The van der Waals surface area contributed by atoms with Crippen molar-refractivity contribution in [2.24, 2.45) is 0 Å². The second-order valence-corrected chi connectivity index (χ2v) is 4.10. The fourth-order valence-electron chi connectivity index (χ4n) is 2.20. The molecule has 0 aromatic heterocycles. The van der Waals surface area contributed by atoms with Crippen molar-refractivity contribution in [3.63, 3.8) is 0 Å². The highest BCUT2D eigenvalue weighted by molar-refractivity contribution is 5.29. The maximum atomic E-state index is 3.44. The van der Waals surface area contributed by atoms with Crippen LogP contribution in [0, 0.1) is 0 Å². The molecule has 1 saturated heterocycles. The second-order valence-electron chi connectivity index (χ2n) is 4.10. The van der Waals surface area contributed by atoms with E-state index in [0.717, 1.165) is 26.2 Å². The van der Waals surface area contributed by atoms with Gasteiger partial charge in [0.05, 0.1) is 0 Å². The molecule has 4 heteroatoms. The van der Waals surface area contributed by atoms with Gasteiger partial charge in [-0.1, -0.05) is 24.3 Å². The molecule has 2 heterocycles. The molecule has 0 atom stereocenters. The quantitative estimate of drug-likeness (QED) is 0.633. The molecule has 2 aliphatic heterocycles. The van der Waals surface area contributed by atoms with Gasteiger partial charge in [-0.3, -0.25) is 10.6 Å². The molecule has 0 spiro atoms. The lowest BCUT2D eigenvalue weighted by Gasteiger charge is -2.22. The number of benzene rings is 1. The molecule has 0 aliphatic carbocycles. The Morgan fingerprint density at radius 3 is 2.27 bits per heavy atom. The van der Waals surface area contributed by atoms with Crippen LogP contribution in [0.2, 0.25) is 0 Å². The first-order chi connectivity index (χ1) is 7.42. The summed E-state index contributed by atoms with van der Waals surface area (Å²) in [6.07, 6.45) is 0.235. The third-order valence-electron chi connectivity index (χ3n) is 2.97. The fourth-order valence-corrected chi connectivity index (χ4v) is 2.20. The summed E-state index contributed by atoms with van der Waals surface area (Å²) >= 11 is 0. The molecule has 1 aromatic carbocycles. The highest BCUT2D eigenvalue weighted by Crippen LogP contribution is 2.20. The van der Waals surface area contributed by atoms with E-state index in [1.165, 1.54) is 11.1 Å². The third kappa shape index (κ3) is 1.89. The molecule has 3 N–H and O–H groups in total. The Morgan fingerprint density at radius 2 is 1.67 bits per heavy atom. The van der Waals surface area contributed by atoms with E-state index in [2.05, 4.69) is 45.3 Å². The summed E-state index contributed by atoms with van der Waals surface area (Å²) in [5.41, 5.74) is 6.30. The Morgan fingerprint density at radius 1 is 1.07 bits per heavy atom. The van der Waals surface area contributed by atoms with Gasteiger partial charge in [-0.15, -0.1) is 0 Å². The van der Waals surface area contributed by atoms with Crippen LogP contribution in [0.5, 0.6) is 0 Å². The fraction of sp³-hybridized carbons (Fsp3) is 0.455. The van der Waals surface area contributed by atoms with Gasteiger partial charge in [-0.2, -0.15) is 0 Å². The van der Waals surface area contributed by atoms with Crippen molar-refractivity contribution >= 4 is 0 Å². The summed E-state index contributed by atoms with van der Waals surface area (Å²) in [4.78, 5) is 0. The zero-order valence-corrected chi connectivity index (χ0v) is 8.66. The lowest BCUT2D eigenvalue weighted by Crippen LogP contribution is -2.52. The number of hydrogen-bond donors (Lipinski definition) is 3. The van der Waals surface area contributed by atoms with E-state index in [1.54, 1.807) is 0 Å². The van der Waals surface area contributed by atoms with Crippen LogP contribution in [-0.4, -0.2) is 24.4 Å². The molecule has 0 saturated carbocycles. The molecule has 4 nitrogen and oxygen atoms in total. The van der Waals surface area contributed by atoms with E-state index in [9.17, 15) is 0 Å². The molecule has 80 valence electrons. The van der Waals surface area contributed by atoms with Crippen LogP contribution in [0.4, 0.5) is 0 Å². The van der Waals surface area contributed by atoms with Crippen molar-refractivity contribution in [2.75, 3.05) is 13.1 Å². The zero-order chi connectivity index (χ0) is 10.1. The average Bonchev–Trinajstić information content (AvgIpc) is 2.86. The van der Waals surface area contributed by atoms with Crippen molar-refractivity contribution in [1.82, 2.24) is 21.1 Å². The van der Waals surface area contributed by atoms with E-state index in [4.69, 9.17) is 0 Å². The van der Waals surface area contributed by atoms with Crippen LogP contribution in [0.3, 0.4) is 0 Å². The third-order valence-corrected chi connectivity index (χ3v) is 2.97. The molecule has 2 aliphatic rings. The number of hydrogen-bond acceptors (Lipinski definition) is 4. The van der Waals surface area contributed by atoms with Crippen LogP contribution in [0.15, 0.2) is 24.3 Å². The highest BCUT2D eigenvalue weighted by Gasteiger charge is 2.21. The second kappa shape index (κ2) is 3.90.